The Morgan fingerprint density at radius 3 is 2.68 bits per heavy atom. The van der Waals surface area contributed by atoms with E-state index in [2.05, 4.69) is 10.6 Å². The number of hydroxylamine groups is 2. The minimum atomic E-state index is -0.637. The molecule has 3 rings (SSSR count). The quantitative estimate of drug-likeness (QED) is 0.219. The van der Waals surface area contributed by atoms with E-state index in [-0.39, 0.29) is 30.8 Å². The molecule has 2 fully saturated rings. The molecule has 0 unspecified atom stereocenters. The van der Waals surface area contributed by atoms with Gasteiger partial charge in [0, 0.05) is 6.54 Å². The first-order valence-corrected chi connectivity index (χ1v) is 10.8. The van der Waals surface area contributed by atoms with E-state index < -0.39 is 17.9 Å². The zero-order chi connectivity index (χ0) is 22.2. The lowest BCUT2D eigenvalue weighted by Crippen LogP contribution is -2.51. The van der Waals surface area contributed by atoms with E-state index >= 15 is 0 Å². The predicted octanol–water partition coefficient (Wildman–Crippen LogP) is 1.12. The molecule has 1 saturated carbocycles. The number of rotatable bonds is 10. The predicted molar refractivity (Wildman–Crippen MR) is 109 cm³/mol. The van der Waals surface area contributed by atoms with Crippen molar-refractivity contribution in [1.29, 1.82) is 0 Å². The Labute approximate surface area is 180 Å². The maximum absolute atomic E-state index is 13.2. The number of furan rings is 1. The van der Waals surface area contributed by atoms with E-state index in [1.165, 1.54) is 12.3 Å². The first kappa shape index (κ1) is 22.8. The highest BCUT2D eigenvalue weighted by atomic mass is 16.5. The van der Waals surface area contributed by atoms with Crippen LogP contribution in [0.4, 0.5) is 0 Å². The molecule has 0 bridgehead atoms. The van der Waals surface area contributed by atoms with Crippen LogP contribution in [0.1, 0.15) is 55.5 Å². The summed E-state index contributed by atoms with van der Waals surface area (Å²) >= 11 is 0. The molecule has 31 heavy (non-hydrogen) atoms. The number of hydrogen-bond donors (Lipinski definition) is 3. The van der Waals surface area contributed by atoms with Gasteiger partial charge in [-0.1, -0.05) is 25.7 Å². The minimum absolute atomic E-state index is 0.0805. The molecule has 0 radical (unpaired) electrons. The zero-order valence-corrected chi connectivity index (χ0v) is 17.5. The van der Waals surface area contributed by atoms with Crippen molar-refractivity contribution in [1.82, 2.24) is 20.6 Å². The fourth-order valence-electron chi connectivity index (χ4n) is 4.53. The highest BCUT2D eigenvalue weighted by Gasteiger charge is 2.38. The molecule has 0 aromatic carbocycles. The molecule has 1 saturated heterocycles. The van der Waals surface area contributed by atoms with E-state index in [1.807, 2.05) is 0 Å². The average molecular weight is 434 g/mol. The van der Waals surface area contributed by atoms with Crippen LogP contribution in [0.25, 0.3) is 0 Å². The molecule has 2 heterocycles. The monoisotopic (exact) mass is 434 g/mol. The summed E-state index contributed by atoms with van der Waals surface area (Å²) in [5, 5.41) is 15.4. The SMILES string of the molecule is O=CN(O)C[C@@H](CC1CCCC1)C(=O)N1CCC[C@H]1C(=O)NCNC(=O)c1ccco1. The van der Waals surface area contributed by atoms with E-state index in [4.69, 9.17) is 4.42 Å². The van der Waals surface area contributed by atoms with E-state index in [9.17, 15) is 24.4 Å². The lowest BCUT2D eigenvalue weighted by atomic mass is 9.91. The second-order valence-corrected chi connectivity index (χ2v) is 8.20. The summed E-state index contributed by atoms with van der Waals surface area (Å²) in [6.45, 7) is 0.282. The van der Waals surface area contributed by atoms with Gasteiger partial charge in [0.25, 0.3) is 5.91 Å². The van der Waals surface area contributed by atoms with Crippen LogP contribution in [-0.2, 0) is 14.4 Å². The van der Waals surface area contributed by atoms with Crippen LogP contribution >= 0.6 is 0 Å². The van der Waals surface area contributed by atoms with E-state index in [0.717, 1.165) is 25.7 Å². The van der Waals surface area contributed by atoms with E-state index in [1.54, 1.807) is 11.0 Å². The summed E-state index contributed by atoms with van der Waals surface area (Å²) in [7, 11) is 0. The lowest BCUT2D eigenvalue weighted by Gasteiger charge is -2.30. The molecule has 1 aliphatic heterocycles. The Hall–Kier alpha value is -2.88. The molecular formula is C21H30N4O6. The first-order chi connectivity index (χ1) is 15.0. The molecule has 170 valence electrons. The van der Waals surface area contributed by atoms with Gasteiger partial charge in [-0.2, -0.15) is 0 Å². The highest BCUT2D eigenvalue weighted by Crippen LogP contribution is 2.32. The van der Waals surface area contributed by atoms with Crippen LogP contribution in [0.2, 0.25) is 0 Å². The molecule has 1 aromatic heterocycles. The third-order valence-corrected chi connectivity index (χ3v) is 6.07. The highest BCUT2D eigenvalue weighted by molar-refractivity contribution is 5.92. The summed E-state index contributed by atoms with van der Waals surface area (Å²) < 4.78 is 5.00. The Morgan fingerprint density at radius 1 is 1.23 bits per heavy atom. The van der Waals surface area contributed by atoms with Gasteiger partial charge in [0.15, 0.2) is 5.76 Å². The third kappa shape index (κ3) is 6.06. The number of likely N-dealkylation sites (tertiary alicyclic amines) is 1. The maximum atomic E-state index is 13.2. The number of carbonyl (C=O) groups excluding carboxylic acids is 4. The Morgan fingerprint density at radius 2 is 2.00 bits per heavy atom. The largest absolute Gasteiger partial charge is 0.459 e. The summed E-state index contributed by atoms with van der Waals surface area (Å²) in [4.78, 5) is 50.3. The second-order valence-electron chi connectivity index (χ2n) is 8.20. The van der Waals surface area contributed by atoms with Gasteiger partial charge in [0.2, 0.25) is 18.2 Å². The smallest absolute Gasteiger partial charge is 0.288 e. The number of hydrogen-bond acceptors (Lipinski definition) is 6. The topological polar surface area (TPSA) is 132 Å². The number of nitrogens with zero attached hydrogens (tertiary/aromatic N) is 2. The standard InChI is InChI=1S/C21H30N4O6/c26-14-24(30)12-16(11-15-5-1-2-6-15)21(29)25-9-3-7-17(25)19(27)22-13-23-20(28)18-8-4-10-31-18/h4,8,10,14-17,30H,1-3,5-7,9,11-13H2,(H,22,27)(H,23,28)/t16-,17+/m1/s1. The van der Waals surface area contributed by atoms with Crippen LogP contribution in [0.5, 0.6) is 0 Å². The molecule has 10 heteroatoms. The molecule has 3 N–H and O–H groups in total. The van der Waals surface area contributed by atoms with Gasteiger partial charge in [0.1, 0.15) is 6.04 Å². The summed E-state index contributed by atoms with van der Waals surface area (Å²) in [5.74, 6) is -1.03. The normalized spacial score (nSPS) is 19.8. The van der Waals surface area contributed by atoms with Gasteiger partial charge >= 0.3 is 0 Å². The van der Waals surface area contributed by atoms with Crippen LogP contribution in [0, 0.1) is 11.8 Å². The minimum Gasteiger partial charge on any atom is -0.459 e. The fourth-order valence-corrected chi connectivity index (χ4v) is 4.53. The van der Waals surface area contributed by atoms with Crippen LogP contribution in [0.15, 0.2) is 22.8 Å². The Bertz CT molecular complexity index is 762. The van der Waals surface area contributed by atoms with Crippen LogP contribution in [-0.4, -0.2) is 65.1 Å². The van der Waals surface area contributed by atoms with Crippen molar-refractivity contribution in [3.63, 3.8) is 0 Å². The Balaban J connectivity index is 1.56. The maximum Gasteiger partial charge on any atom is 0.288 e. The average Bonchev–Trinajstić information content (AvgIpc) is 3.54. The molecule has 1 aromatic rings. The van der Waals surface area contributed by atoms with E-state index in [0.29, 0.717) is 43.2 Å². The van der Waals surface area contributed by atoms with Gasteiger partial charge in [-0.3, -0.25) is 24.4 Å². The molecular weight excluding hydrogens is 404 g/mol. The molecule has 1 aliphatic carbocycles. The molecule has 0 spiro atoms. The molecule has 2 atom stereocenters. The zero-order valence-electron chi connectivity index (χ0n) is 17.5. The van der Waals surface area contributed by atoms with Crippen molar-refractivity contribution in [2.45, 2.75) is 51.0 Å². The van der Waals surface area contributed by atoms with Crippen molar-refractivity contribution in [2.24, 2.45) is 11.8 Å². The van der Waals surface area contributed by atoms with Gasteiger partial charge < -0.3 is 20.0 Å². The van der Waals surface area contributed by atoms with Crippen molar-refractivity contribution >= 4 is 24.1 Å². The third-order valence-electron chi connectivity index (χ3n) is 6.07. The number of carbonyl (C=O) groups is 4. The second kappa shape index (κ2) is 10.9. The molecule has 10 nitrogen and oxygen atoms in total. The van der Waals surface area contributed by atoms with Crippen molar-refractivity contribution in [3.8, 4) is 0 Å². The van der Waals surface area contributed by atoms with Gasteiger partial charge in [-0.25, -0.2) is 5.06 Å². The van der Waals surface area contributed by atoms with Crippen molar-refractivity contribution < 1.29 is 28.8 Å². The summed E-state index contributed by atoms with van der Waals surface area (Å²) in [6, 6.07) is 2.47. The van der Waals surface area contributed by atoms with Crippen LogP contribution in [0.3, 0.4) is 0 Å². The molecule has 4 amide bonds. The van der Waals surface area contributed by atoms with Crippen molar-refractivity contribution in [3.05, 3.63) is 24.2 Å². The van der Waals surface area contributed by atoms with Crippen LogP contribution < -0.4 is 10.6 Å². The summed E-state index contributed by atoms with van der Waals surface area (Å²) in [5.41, 5.74) is 0. The number of amides is 4. The van der Waals surface area contributed by atoms with Gasteiger partial charge in [-0.15, -0.1) is 0 Å². The van der Waals surface area contributed by atoms with Gasteiger partial charge in [-0.05, 0) is 37.3 Å². The van der Waals surface area contributed by atoms with Crippen molar-refractivity contribution in [2.75, 3.05) is 19.8 Å². The Kier molecular flexibility index (Phi) is 8.05. The number of nitrogens with one attached hydrogen (secondary N) is 2. The van der Waals surface area contributed by atoms with Gasteiger partial charge in [0.05, 0.1) is 25.4 Å². The summed E-state index contributed by atoms with van der Waals surface area (Å²) in [6.07, 6.45) is 7.81. The lowest BCUT2D eigenvalue weighted by molar-refractivity contribution is -0.158. The molecule has 2 aliphatic rings. The first-order valence-electron chi connectivity index (χ1n) is 10.8. The fraction of sp³-hybridized carbons (Fsp3) is 0.619.